The van der Waals surface area contributed by atoms with Crippen molar-refractivity contribution < 1.29 is 25.8 Å². The number of rotatable bonds is 7. The first-order valence-electron chi connectivity index (χ1n) is 18.4. The molecule has 1 unspecified atom stereocenters. The average molecular weight is 869 g/mol. The van der Waals surface area contributed by atoms with E-state index in [1.54, 1.807) is 42.3 Å². The molecular formula is C44H63HfN7-4. The van der Waals surface area contributed by atoms with E-state index in [0.29, 0.717) is 11.8 Å². The summed E-state index contributed by atoms with van der Waals surface area (Å²) in [6.07, 6.45) is 6.95. The van der Waals surface area contributed by atoms with Crippen LogP contribution in [0.3, 0.4) is 0 Å². The van der Waals surface area contributed by atoms with Crippen molar-refractivity contribution in [2.24, 2.45) is 7.05 Å². The fraction of sp³-hybridized carbons (Fsp3) is 0.477. The number of aryl methyl sites for hydroxylation is 5. The van der Waals surface area contributed by atoms with Crippen LogP contribution in [-0.2, 0) is 45.7 Å². The summed E-state index contributed by atoms with van der Waals surface area (Å²) in [5, 5.41) is 17.6. The zero-order valence-corrected chi connectivity index (χ0v) is 38.1. The Morgan fingerprint density at radius 1 is 0.712 bits per heavy atom. The molecule has 2 aromatic heterocycles. The smallest absolute Gasteiger partial charge is 0.155 e. The van der Waals surface area contributed by atoms with E-state index >= 15 is 0 Å². The third-order valence-electron chi connectivity index (χ3n) is 9.16. The van der Waals surface area contributed by atoms with Gasteiger partial charge in [0.2, 0.25) is 0 Å². The molecule has 5 aromatic rings. The molecule has 0 spiro atoms. The van der Waals surface area contributed by atoms with Crippen molar-refractivity contribution in [2.75, 3.05) is 42.3 Å². The Bertz CT molecular complexity index is 1780. The molecule has 52 heavy (non-hydrogen) atoms. The molecule has 0 saturated carbocycles. The molecule has 0 saturated heterocycles. The van der Waals surface area contributed by atoms with Gasteiger partial charge < -0.3 is 25.8 Å². The summed E-state index contributed by atoms with van der Waals surface area (Å²) in [6.45, 7) is 15.7. The molecule has 7 nitrogen and oxygen atoms in total. The first-order chi connectivity index (χ1) is 24.4. The Balaban J connectivity index is 0.000000852. The van der Waals surface area contributed by atoms with Gasteiger partial charge in [-0.2, -0.15) is 42.3 Å². The third-order valence-corrected chi connectivity index (χ3v) is 9.16. The van der Waals surface area contributed by atoms with E-state index in [9.17, 15) is 0 Å². The minimum atomic E-state index is -0.223. The molecule has 0 aliphatic heterocycles. The van der Waals surface area contributed by atoms with Crippen molar-refractivity contribution in [3.63, 3.8) is 0 Å². The van der Waals surface area contributed by atoms with Gasteiger partial charge in [-0.3, -0.25) is 4.57 Å². The summed E-state index contributed by atoms with van der Waals surface area (Å²) in [6, 6.07) is 19.9. The fourth-order valence-corrected chi connectivity index (χ4v) is 7.25. The van der Waals surface area contributed by atoms with Gasteiger partial charge in [-0.15, -0.1) is 5.69 Å². The van der Waals surface area contributed by atoms with Crippen LogP contribution >= 0.6 is 0 Å². The van der Waals surface area contributed by atoms with Gasteiger partial charge >= 0.3 is 0 Å². The molecule has 282 valence electrons. The number of hydrogen-bond acceptors (Lipinski definition) is 1. The van der Waals surface area contributed by atoms with Gasteiger partial charge in [0, 0.05) is 50.2 Å². The van der Waals surface area contributed by atoms with Crippen molar-refractivity contribution in [3.8, 4) is 5.82 Å². The van der Waals surface area contributed by atoms with E-state index in [4.69, 9.17) is 10.3 Å². The van der Waals surface area contributed by atoms with E-state index in [1.165, 1.54) is 68.4 Å². The zero-order chi connectivity index (χ0) is 37.8. The number of benzene rings is 3. The maximum absolute atomic E-state index is 5.71. The topological polar surface area (TPSA) is 79.2 Å². The van der Waals surface area contributed by atoms with Gasteiger partial charge in [0.15, 0.2) is 5.82 Å². The number of hydrogen-bond donors (Lipinski definition) is 0. The normalized spacial score (nSPS) is 12.5. The molecule has 0 bridgehead atoms. The quantitative estimate of drug-likeness (QED) is 0.150. The summed E-state index contributed by atoms with van der Waals surface area (Å²) >= 11 is 0. The van der Waals surface area contributed by atoms with Gasteiger partial charge in [0.1, 0.15) is 5.82 Å². The van der Waals surface area contributed by atoms with Gasteiger partial charge in [-0.1, -0.05) is 92.9 Å². The predicted molar refractivity (Wildman–Crippen MR) is 222 cm³/mol. The summed E-state index contributed by atoms with van der Waals surface area (Å²) in [7, 11) is 12.6. The molecule has 3 aromatic carbocycles. The van der Waals surface area contributed by atoms with Gasteiger partial charge in [-0.05, 0) is 92.7 Å². The largest absolute Gasteiger partial charge is 0.671 e. The average Bonchev–Trinajstić information content (AvgIpc) is 3.62. The molecule has 6 rings (SSSR count). The van der Waals surface area contributed by atoms with Crippen LogP contribution in [0.5, 0.6) is 0 Å². The van der Waals surface area contributed by atoms with Crippen molar-refractivity contribution >= 4 is 16.6 Å². The Morgan fingerprint density at radius 3 is 1.77 bits per heavy atom. The Hall–Kier alpha value is -3.04. The zero-order valence-electron chi connectivity index (χ0n) is 34.5. The monoisotopic (exact) mass is 869 g/mol. The number of para-hydroxylation sites is 2. The molecule has 1 atom stereocenters. The molecular weight excluding hydrogens is 805 g/mol. The minimum absolute atomic E-state index is 0. The van der Waals surface area contributed by atoms with Crippen LogP contribution in [0.25, 0.3) is 38.0 Å². The predicted octanol–water partition coefficient (Wildman–Crippen LogP) is 12.1. The number of fused-ring (bicyclic) bond motifs is 3. The van der Waals surface area contributed by atoms with Crippen molar-refractivity contribution in [2.45, 2.75) is 92.0 Å². The number of aromatic nitrogens is 3. The fourth-order valence-electron chi connectivity index (χ4n) is 7.25. The van der Waals surface area contributed by atoms with E-state index in [0.717, 1.165) is 30.2 Å². The molecule has 1 aliphatic rings. The Morgan fingerprint density at radius 2 is 1.23 bits per heavy atom. The molecule has 0 fully saturated rings. The van der Waals surface area contributed by atoms with E-state index in [1.807, 2.05) is 0 Å². The minimum Gasteiger partial charge on any atom is -0.671 e. The number of nitrogens with zero attached hydrogens (tertiary/aromatic N) is 7. The van der Waals surface area contributed by atoms with E-state index < -0.39 is 0 Å². The molecule has 0 N–H and O–H groups in total. The third kappa shape index (κ3) is 10.6. The molecule has 0 radical (unpaired) electrons. The first kappa shape index (κ1) is 45.1. The Labute approximate surface area is 334 Å². The van der Waals surface area contributed by atoms with E-state index in [2.05, 4.69) is 141 Å². The van der Waals surface area contributed by atoms with Crippen LogP contribution in [0.1, 0.15) is 109 Å². The Kier molecular flexibility index (Phi) is 18.7. The van der Waals surface area contributed by atoms with Crippen LogP contribution < -0.4 is 0 Å². The molecule has 2 heterocycles. The SMILES string of the molecule is C[N-]C.C[N-]C.C[N-]C.Cc1cc(C)c(C([N-]c2c(C(C)C)cccc2C(C)C)c2nc(-n3c4c(c5ccccc53)CCCC4)cn2C)c(C)c1.[Hf]. The summed E-state index contributed by atoms with van der Waals surface area (Å²) in [4.78, 5) is 5.47. The molecule has 1 aliphatic carbocycles. The maximum atomic E-state index is 5.71. The first-order valence-corrected chi connectivity index (χ1v) is 18.4. The van der Waals surface area contributed by atoms with Crippen molar-refractivity contribution in [1.82, 2.24) is 14.1 Å². The van der Waals surface area contributed by atoms with Crippen LogP contribution in [-0.4, -0.2) is 56.4 Å². The summed E-state index contributed by atoms with van der Waals surface area (Å²) in [5.41, 5.74) is 13.0. The van der Waals surface area contributed by atoms with Gasteiger partial charge in [0.25, 0.3) is 0 Å². The van der Waals surface area contributed by atoms with Crippen LogP contribution in [0, 0.1) is 20.8 Å². The summed E-state index contributed by atoms with van der Waals surface area (Å²) in [5.74, 6) is 2.72. The maximum Gasteiger partial charge on any atom is 0.155 e. The van der Waals surface area contributed by atoms with Crippen LogP contribution in [0.4, 0.5) is 5.69 Å². The van der Waals surface area contributed by atoms with Crippen LogP contribution in [0.15, 0.2) is 60.8 Å². The second-order valence-electron chi connectivity index (χ2n) is 14.3. The standard InChI is InChI=1S/C38H45N4.3C2H6N.Hf/c1-23(2)28-16-13-17-29(24(3)4)36(28)40-37(35-26(6)20-25(5)21-27(35)7)38-39-34(22-41(38)8)42-32-18-11-9-14-30(32)31-15-10-12-19-33(31)42;3*1-3-2;/h9,11,13-14,16-18,20-24,37H,10,12,15,19H2,1-8H3;3*1-2H3;/q4*-1;. The molecule has 0 amide bonds. The van der Waals surface area contributed by atoms with Gasteiger partial charge in [0.05, 0.1) is 5.52 Å². The second-order valence-corrected chi connectivity index (χ2v) is 14.3. The summed E-state index contributed by atoms with van der Waals surface area (Å²) < 4.78 is 4.65. The number of imidazole rings is 1. The van der Waals surface area contributed by atoms with Crippen molar-refractivity contribution in [3.05, 3.63) is 133 Å². The van der Waals surface area contributed by atoms with Crippen LogP contribution in [0.2, 0.25) is 0 Å². The van der Waals surface area contributed by atoms with Gasteiger partial charge in [-0.25, -0.2) is 4.98 Å². The second kappa shape index (κ2) is 21.6. The molecule has 8 heteroatoms. The van der Waals surface area contributed by atoms with E-state index in [-0.39, 0.29) is 31.9 Å². The van der Waals surface area contributed by atoms with Crippen molar-refractivity contribution in [1.29, 1.82) is 0 Å².